The van der Waals surface area contributed by atoms with Gasteiger partial charge in [0.15, 0.2) is 5.75 Å². The fourth-order valence-electron chi connectivity index (χ4n) is 2.24. The van der Waals surface area contributed by atoms with Crippen LogP contribution in [-0.4, -0.2) is 35.5 Å². The van der Waals surface area contributed by atoms with Gasteiger partial charge >= 0.3 is 6.03 Å². The van der Waals surface area contributed by atoms with Gasteiger partial charge in [0.1, 0.15) is 5.75 Å². The SMILES string of the molecule is O=C(Nc1ccccc1Oc1ccccc1)N1CCSCC1. The van der Waals surface area contributed by atoms with E-state index in [2.05, 4.69) is 5.32 Å². The number of para-hydroxylation sites is 3. The molecule has 2 amide bonds. The minimum absolute atomic E-state index is 0.0654. The van der Waals surface area contributed by atoms with Crippen molar-refractivity contribution in [3.8, 4) is 11.5 Å². The molecule has 0 aromatic heterocycles. The summed E-state index contributed by atoms with van der Waals surface area (Å²) in [4.78, 5) is 14.2. The maximum atomic E-state index is 12.3. The second-order valence-electron chi connectivity index (χ2n) is 4.94. The molecule has 1 aliphatic rings. The number of carbonyl (C=O) groups excluding carboxylic acids is 1. The van der Waals surface area contributed by atoms with E-state index in [1.54, 1.807) is 0 Å². The number of amides is 2. The van der Waals surface area contributed by atoms with Crippen LogP contribution in [0.25, 0.3) is 0 Å². The molecule has 114 valence electrons. The third-order valence-corrected chi connectivity index (χ3v) is 4.34. The summed E-state index contributed by atoms with van der Waals surface area (Å²) in [7, 11) is 0. The second kappa shape index (κ2) is 7.22. The first-order valence-electron chi connectivity index (χ1n) is 7.28. The van der Waals surface area contributed by atoms with Crippen molar-refractivity contribution in [2.75, 3.05) is 29.9 Å². The van der Waals surface area contributed by atoms with Crippen LogP contribution in [0, 0.1) is 0 Å². The van der Waals surface area contributed by atoms with E-state index in [-0.39, 0.29) is 6.03 Å². The van der Waals surface area contributed by atoms with Gasteiger partial charge in [-0.05, 0) is 24.3 Å². The van der Waals surface area contributed by atoms with Crippen LogP contribution in [0.2, 0.25) is 0 Å². The molecule has 2 aromatic rings. The summed E-state index contributed by atoms with van der Waals surface area (Å²) in [6.45, 7) is 1.58. The highest BCUT2D eigenvalue weighted by atomic mass is 32.2. The van der Waals surface area contributed by atoms with E-state index in [1.807, 2.05) is 71.3 Å². The Morgan fingerprint density at radius 3 is 2.45 bits per heavy atom. The summed E-state index contributed by atoms with van der Waals surface area (Å²) in [6, 6.07) is 17.0. The number of benzene rings is 2. The van der Waals surface area contributed by atoms with Crippen molar-refractivity contribution in [2.45, 2.75) is 0 Å². The Labute approximate surface area is 134 Å². The topological polar surface area (TPSA) is 41.6 Å². The zero-order valence-corrected chi connectivity index (χ0v) is 13.0. The monoisotopic (exact) mass is 314 g/mol. The Morgan fingerprint density at radius 1 is 1.00 bits per heavy atom. The zero-order chi connectivity index (χ0) is 15.2. The van der Waals surface area contributed by atoms with Crippen molar-refractivity contribution in [3.05, 3.63) is 54.6 Å². The zero-order valence-electron chi connectivity index (χ0n) is 12.2. The Bertz CT molecular complexity index is 628. The van der Waals surface area contributed by atoms with E-state index >= 15 is 0 Å². The minimum atomic E-state index is -0.0654. The number of anilines is 1. The van der Waals surface area contributed by atoms with Crippen molar-refractivity contribution in [1.29, 1.82) is 0 Å². The van der Waals surface area contributed by atoms with Gasteiger partial charge in [-0.3, -0.25) is 0 Å². The minimum Gasteiger partial charge on any atom is -0.455 e. The molecule has 5 heteroatoms. The number of ether oxygens (including phenoxy) is 1. The van der Waals surface area contributed by atoms with Crippen LogP contribution in [0.4, 0.5) is 10.5 Å². The van der Waals surface area contributed by atoms with Gasteiger partial charge < -0.3 is 15.0 Å². The highest BCUT2D eigenvalue weighted by Gasteiger charge is 2.18. The lowest BCUT2D eigenvalue weighted by Crippen LogP contribution is -2.40. The first-order chi connectivity index (χ1) is 10.8. The average Bonchev–Trinajstić information content (AvgIpc) is 2.58. The second-order valence-corrected chi connectivity index (χ2v) is 6.17. The first-order valence-corrected chi connectivity index (χ1v) is 8.44. The van der Waals surface area contributed by atoms with Crippen LogP contribution in [-0.2, 0) is 0 Å². The highest BCUT2D eigenvalue weighted by molar-refractivity contribution is 7.99. The molecule has 0 atom stereocenters. The normalized spacial score (nSPS) is 14.5. The fourth-order valence-corrected chi connectivity index (χ4v) is 3.14. The standard InChI is InChI=1S/C17H18N2O2S/c20-17(19-10-12-22-13-11-19)18-15-8-4-5-9-16(15)21-14-6-2-1-3-7-14/h1-9H,10-13H2,(H,18,20). The number of hydrogen-bond acceptors (Lipinski definition) is 3. The van der Waals surface area contributed by atoms with Crippen LogP contribution >= 0.6 is 11.8 Å². The molecule has 1 fully saturated rings. The van der Waals surface area contributed by atoms with E-state index in [0.717, 1.165) is 30.3 Å². The van der Waals surface area contributed by atoms with E-state index < -0.39 is 0 Å². The van der Waals surface area contributed by atoms with Crippen LogP contribution < -0.4 is 10.1 Å². The lowest BCUT2D eigenvalue weighted by atomic mass is 10.3. The molecule has 1 saturated heterocycles. The van der Waals surface area contributed by atoms with Crippen molar-refractivity contribution < 1.29 is 9.53 Å². The Balaban J connectivity index is 1.72. The number of urea groups is 1. The van der Waals surface area contributed by atoms with Crippen LogP contribution in [0.5, 0.6) is 11.5 Å². The molecule has 22 heavy (non-hydrogen) atoms. The third-order valence-electron chi connectivity index (χ3n) is 3.40. The fraction of sp³-hybridized carbons (Fsp3) is 0.235. The van der Waals surface area contributed by atoms with Gasteiger partial charge in [-0.15, -0.1) is 0 Å². The van der Waals surface area contributed by atoms with Crippen LogP contribution in [0.1, 0.15) is 0 Å². The average molecular weight is 314 g/mol. The Morgan fingerprint density at radius 2 is 1.68 bits per heavy atom. The molecule has 0 unspecified atom stereocenters. The number of thioether (sulfide) groups is 1. The maximum Gasteiger partial charge on any atom is 0.322 e. The smallest absolute Gasteiger partial charge is 0.322 e. The summed E-state index contributed by atoms with van der Waals surface area (Å²) in [5, 5.41) is 2.95. The van der Waals surface area contributed by atoms with Gasteiger partial charge in [-0.2, -0.15) is 11.8 Å². The molecule has 0 aliphatic carbocycles. The third kappa shape index (κ3) is 3.74. The molecule has 0 radical (unpaired) electrons. The van der Waals surface area contributed by atoms with Crippen molar-refractivity contribution >= 4 is 23.5 Å². The number of carbonyl (C=O) groups is 1. The molecule has 1 heterocycles. The molecule has 2 aromatic carbocycles. The summed E-state index contributed by atoms with van der Waals surface area (Å²) in [6.07, 6.45) is 0. The molecule has 0 bridgehead atoms. The number of hydrogen-bond donors (Lipinski definition) is 1. The quantitative estimate of drug-likeness (QED) is 0.929. The van der Waals surface area contributed by atoms with Crippen molar-refractivity contribution in [3.63, 3.8) is 0 Å². The first kappa shape index (κ1) is 14.8. The predicted molar refractivity (Wildman–Crippen MR) is 90.9 cm³/mol. The molecule has 4 nitrogen and oxygen atoms in total. The maximum absolute atomic E-state index is 12.3. The largest absolute Gasteiger partial charge is 0.455 e. The van der Waals surface area contributed by atoms with Crippen molar-refractivity contribution in [2.24, 2.45) is 0 Å². The van der Waals surface area contributed by atoms with E-state index in [4.69, 9.17) is 4.74 Å². The summed E-state index contributed by atoms with van der Waals surface area (Å²) >= 11 is 1.88. The van der Waals surface area contributed by atoms with Gasteiger partial charge in [0, 0.05) is 24.6 Å². The lowest BCUT2D eigenvalue weighted by molar-refractivity contribution is 0.217. The summed E-state index contributed by atoms with van der Waals surface area (Å²) in [5.41, 5.74) is 0.689. The van der Waals surface area contributed by atoms with E-state index in [9.17, 15) is 4.79 Å². The van der Waals surface area contributed by atoms with Crippen molar-refractivity contribution in [1.82, 2.24) is 4.90 Å². The Hall–Kier alpha value is -2.14. The highest BCUT2D eigenvalue weighted by Crippen LogP contribution is 2.29. The lowest BCUT2D eigenvalue weighted by Gasteiger charge is -2.26. The van der Waals surface area contributed by atoms with Gasteiger partial charge in [0.05, 0.1) is 5.69 Å². The van der Waals surface area contributed by atoms with Gasteiger partial charge in [-0.25, -0.2) is 4.79 Å². The molecule has 3 rings (SSSR count). The van der Waals surface area contributed by atoms with E-state index in [0.29, 0.717) is 11.4 Å². The Kier molecular flexibility index (Phi) is 4.85. The van der Waals surface area contributed by atoms with Crippen LogP contribution in [0.3, 0.4) is 0 Å². The molecular formula is C17H18N2O2S. The molecule has 1 aliphatic heterocycles. The van der Waals surface area contributed by atoms with Crippen LogP contribution in [0.15, 0.2) is 54.6 Å². The summed E-state index contributed by atoms with van der Waals surface area (Å²) < 4.78 is 5.86. The van der Waals surface area contributed by atoms with Gasteiger partial charge in [0.25, 0.3) is 0 Å². The number of nitrogens with zero attached hydrogens (tertiary/aromatic N) is 1. The number of rotatable bonds is 3. The summed E-state index contributed by atoms with van der Waals surface area (Å²) in [5.74, 6) is 3.39. The predicted octanol–water partition coefficient (Wildman–Crippen LogP) is 4.06. The number of nitrogens with one attached hydrogen (secondary N) is 1. The van der Waals surface area contributed by atoms with Gasteiger partial charge in [-0.1, -0.05) is 30.3 Å². The van der Waals surface area contributed by atoms with E-state index in [1.165, 1.54) is 0 Å². The molecule has 0 saturated carbocycles. The molecular weight excluding hydrogens is 296 g/mol. The molecule has 1 N–H and O–H groups in total. The molecule has 0 spiro atoms. The van der Waals surface area contributed by atoms with Gasteiger partial charge in [0.2, 0.25) is 0 Å².